The number of carbonyl (C=O) groups excluding carboxylic acids is 3. The van der Waals surface area contributed by atoms with Crippen LogP contribution in [0.1, 0.15) is 27.6 Å². The van der Waals surface area contributed by atoms with E-state index in [0.29, 0.717) is 18.8 Å². The first kappa shape index (κ1) is 22.4. The van der Waals surface area contributed by atoms with E-state index in [1.807, 2.05) is 0 Å². The summed E-state index contributed by atoms with van der Waals surface area (Å²) in [4.78, 5) is 37.4. The first-order chi connectivity index (χ1) is 14.7. The molecule has 1 aliphatic rings. The number of nitrogens with one attached hydrogen (secondary N) is 1. The van der Waals surface area contributed by atoms with E-state index in [1.54, 1.807) is 23.1 Å². The number of esters is 1. The lowest BCUT2D eigenvalue weighted by molar-refractivity contribution is -0.129. The van der Waals surface area contributed by atoms with Crippen LogP contribution in [-0.4, -0.2) is 68.7 Å². The molecule has 0 radical (unpaired) electrons. The lowest BCUT2D eigenvalue weighted by Gasteiger charge is -2.33. The number of ether oxygens (including phenoxy) is 1. The number of hydrogen-bond acceptors (Lipinski definition) is 6. The molecule has 0 aromatic heterocycles. The van der Waals surface area contributed by atoms with Crippen LogP contribution < -0.4 is 5.32 Å². The summed E-state index contributed by atoms with van der Waals surface area (Å²) in [6.45, 7) is 2.49. The summed E-state index contributed by atoms with van der Waals surface area (Å²) in [7, 11) is -2.54. The van der Waals surface area contributed by atoms with Crippen molar-refractivity contribution in [2.75, 3.05) is 38.6 Å². The summed E-state index contributed by atoms with van der Waals surface area (Å²) in [5.41, 5.74) is 0.815. The highest BCUT2D eigenvalue weighted by Crippen LogP contribution is 2.20. The largest absolute Gasteiger partial charge is 0.465 e. The Hall–Kier alpha value is -3.24. The maximum absolute atomic E-state index is 13.0. The number of amides is 2. The molecule has 31 heavy (non-hydrogen) atoms. The third kappa shape index (κ3) is 5.09. The van der Waals surface area contributed by atoms with Gasteiger partial charge in [-0.25, -0.2) is 13.2 Å². The predicted molar refractivity (Wildman–Crippen MR) is 113 cm³/mol. The van der Waals surface area contributed by atoms with E-state index < -0.39 is 21.9 Å². The van der Waals surface area contributed by atoms with Gasteiger partial charge in [-0.1, -0.05) is 12.1 Å². The maximum atomic E-state index is 13.0. The summed E-state index contributed by atoms with van der Waals surface area (Å²) in [6.07, 6.45) is 0. The normalized spacial score (nSPS) is 14.7. The van der Waals surface area contributed by atoms with Crippen LogP contribution in [-0.2, 0) is 19.6 Å². The van der Waals surface area contributed by atoms with Gasteiger partial charge in [-0.3, -0.25) is 9.59 Å². The molecule has 2 aromatic rings. The quantitative estimate of drug-likeness (QED) is 0.699. The summed E-state index contributed by atoms with van der Waals surface area (Å²) >= 11 is 0. The van der Waals surface area contributed by atoms with Gasteiger partial charge in [0.25, 0.3) is 5.91 Å². The van der Waals surface area contributed by atoms with Gasteiger partial charge >= 0.3 is 5.97 Å². The monoisotopic (exact) mass is 445 g/mol. The molecule has 1 fully saturated rings. The van der Waals surface area contributed by atoms with E-state index in [2.05, 4.69) is 10.1 Å². The number of rotatable bonds is 5. The molecule has 0 unspecified atom stereocenters. The highest BCUT2D eigenvalue weighted by atomic mass is 32.2. The molecule has 1 aliphatic heterocycles. The number of piperazine rings is 1. The molecule has 9 nitrogen and oxygen atoms in total. The molecular formula is C21H23N3O6S. The van der Waals surface area contributed by atoms with Crippen LogP contribution in [0.15, 0.2) is 53.4 Å². The van der Waals surface area contributed by atoms with Crippen LogP contribution in [0.4, 0.5) is 5.69 Å². The number of hydrogen-bond donors (Lipinski definition) is 1. The Bertz CT molecular complexity index is 1110. The minimum Gasteiger partial charge on any atom is -0.465 e. The zero-order valence-corrected chi connectivity index (χ0v) is 18.0. The summed E-state index contributed by atoms with van der Waals surface area (Å²) in [6, 6.07) is 12.0. The van der Waals surface area contributed by atoms with Gasteiger partial charge in [0.05, 0.1) is 17.6 Å². The molecule has 1 heterocycles. The zero-order chi connectivity index (χ0) is 22.6. The molecule has 0 saturated carbocycles. The second-order valence-corrected chi connectivity index (χ2v) is 8.90. The summed E-state index contributed by atoms with van der Waals surface area (Å²) < 4.78 is 32.0. The Kier molecular flexibility index (Phi) is 6.71. The minimum absolute atomic E-state index is 0.000244. The van der Waals surface area contributed by atoms with Gasteiger partial charge in [0.1, 0.15) is 0 Å². The van der Waals surface area contributed by atoms with Gasteiger partial charge < -0.3 is 15.0 Å². The number of nitrogens with zero attached hydrogens (tertiary/aromatic N) is 2. The fourth-order valence-electron chi connectivity index (χ4n) is 3.24. The Morgan fingerprint density at radius 1 is 0.935 bits per heavy atom. The van der Waals surface area contributed by atoms with Crippen LogP contribution in [0.2, 0.25) is 0 Å². The third-order valence-corrected chi connectivity index (χ3v) is 6.85. The van der Waals surface area contributed by atoms with Crippen molar-refractivity contribution in [2.45, 2.75) is 11.8 Å². The van der Waals surface area contributed by atoms with Crippen LogP contribution in [0.5, 0.6) is 0 Å². The lowest BCUT2D eigenvalue weighted by atomic mass is 10.1. The van der Waals surface area contributed by atoms with Crippen molar-refractivity contribution < 1.29 is 27.5 Å². The average molecular weight is 445 g/mol. The Morgan fingerprint density at radius 3 is 2.23 bits per heavy atom. The number of methoxy groups -OCH3 is 1. The third-order valence-electron chi connectivity index (χ3n) is 4.96. The second kappa shape index (κ2) is 9.27. The number of carbonyl (C=O) groups is 3. The van der Waals surface area contributed by atoms with Gasteiger partial charge in [-0.05, 0) is 36.4 Å². The molecule has 1 saturated heterocycles. The van der Waals surface area contributed by atoms with Crippen LogP contribution in [0.25, 0.3) is 0 Å². The van der Waals surface area contributed by atoms with Crippen LogP contribution in [0, 0.1) is 0 Å². The molecule has 2 amide bonds. The van der Waals surface area contributed by atoms with Gasteiger partial charge in [-0.15, -0.1) is 0 Å². The van der Waals surface area contributed by atoms with Gasteiger partial charge in [0, 0.05) is 44.4 Å². The molecule has 10 heteroatoms. The molecule has 164 valence electrons. The summed E-state index contributed by atoms with van der Waals surface area (Å²) in [5.74, 6) is -1.14. The minimum atomic E-state index is -3.81. The van der Waals surface area contributed by atoms with E-state index in [4.69, 9.17) is 0 Å². The SMILES string of the molecule is COC(=O)c1cccc(NC(=O)c2cccc(S(=O)(=O)N3CCN(C(C)=O)CC3)c2)c1. The highest BCUT2D eigenvalue weighted by Gasteiger charge is 2.29. The fourth-order valence-corrected chi connectivity index (χ4v) is 4.70. The molecule has 0 bridgehead atoms. The first-order valence-corrected chi connectivity index (χ1v) is 11.0. The van der Waals surface area contributed by atoms with E-state index in [9.17, 15) is 22.8 Å². The van der Waals surface area contributed by atoms with E-state index in [1.165, 1.54) is 48.7 Å². The van der Waals surface area contributed by atoms with Gasteiger partial charge in [0.15, 0.2) is 0 Å². The van der Waals surface area contributed by atoms with E-state index >= 15 is 0 Å². The van der Waals surface area contributed by atoms with Crippen molar-refractivity contribution in [3.63, 3.8) is 0 Å². The highest BCUT2D eigenvalue weighted by molar-refractivity contribution is 7.89. The maximum Gasteiger partial charge on any atom is 0.337 e. The molecule has 0 atom stereocenters. The van der Waals surface area contributed by atoms with E-state index in [0.717, 1.165) is 0 Å². The Morgan fingerprint density at radius 2 is 1.58 bits per heavy atom. The average Bonchev–Trinajstić information content (AvgIpc) is 2.78. The fraction of sp³-hybridized carbons (Fsp3) is 0.286. The van der Waals surface area contributed by atoms with Gasteiger partial charge in [0.2, 0.25) is 15.9 Å². The molecular weight excluding hydrogens is 422 g/mol. The van der Waals surface area contributed by atoms with Crippen molar-refractivity contribution in [2.24, 2.45) is 0 Å². The van der Waals surface area contributed by atoms with Crippen LogP contribution in [0.3, 0.4) is 0 Å². The van der Waals surface area contributed by atoms with Crippen molar-refractivity contribution in [3.05, 3.63) is 59.7 Å². The first-order valence-electron chi connectivity index (χ1n) is 9.58. The predicted octanol–water partition coefficient (Wildman–Crippen LogP) is 1.58. The topological polar surface area (TPSA) is 113 Å². The standard InChI is InChI=1S/C21H23N3O6S/c1-15(25)23-9-11-24(12-10-23)31(28,29)19-8-4-5-16(14-19)20(26)22-18-7-3-6-17(13-18)21(27)30-2/h3-8,13-14H,9-12H2,1-2H3,(H,22,26). The molecule has 3 rings (SSSR count). The lowest BCUT2D eigenvalue weighted by Crippen LogP contribution is -2.49. The van der Waals surface area contributed by atoms with Crippen molar-refractivity contribution in [1.82, 2.24) is 9.21 Å². The van der Waals surface area contributed by atoms with E-state index in [-0.39, 0.29) is 35.0 Å². The van der Waals surface area contributed by atoms with Crippen molar-refractivity contribution in [1.29, 1.82) is 0 Å². The second-order valence-electron chi connectivity index (χ2n) is 6.96. The van der Waals surface area contributed by atoms with Crippen molar-refractivity contribution in [3.8, 4) is 0 Å². The molecule has 1 N–H and O–H groups in total. The van der Waals surface area contributed by atoms with Crippen LogP contribution >= 0.6 is 0 Å². The molecule has 0 spiro atoms. The van der Waals surface area contributed by atoms with Crippen molar-refractivity contribution >= 4 is 33.5 Å². The molecule has 2 aromatic carbocycles. The number of sulfonamides is 1. The molecule has 0 aliphatic carbocycles. The Labute approximate surface area is 180 Å². The number of anilines is 1. The van der Waals surface area contributed by atoms with Gasteiger partial charge in [-0.2, -0.15) is 4.31 Å². The summed E-state index contributed by atoms with van der Waals surface area (Å²) in [5, 5.41) is 2.65. The Balaban J connectivity index is 1.76. The smallest absolute Gasteiger partial charge is 0.337 e. The zero-order valence-electron chi connectivity index (χ0n) is 17.2. The number of benzene rings is 2.